The Balaban J connectivity index is 1.60. The van der Waals surface area contributed by atoms with Crippen molar-refractivity contribution in [1.82, 2.24) is 5.43 Å². The molecule has 0 atom stereocenters. The molecular formula is C22H22N2O3. The van der Waals surface area contributed by atoms with Gasteiger partial charge in [-0.2, -0.15) is 5.10 Å². The molecule has 3 aromatic rings. The third-order valence-electron chi connectivity index (χ3n) is 4.23. The molecule has 0 aromatic heterocycles. The van der Waals surface area contributed by atoms with Crippen LogP contribution in [0.4, 0.5) is 0 Å². The average Bonchev–Trinajstić information content (AvgIpc) is 2.72. The van der Waals surface area contributed by atoms with Gasteiger partial charge in [-0.05, 0) is 41.6 Å². The van der Waals surface area contributed by atoms with Gasteiger partial charge in [-0.1, -0.05) is 43.3 Å². The van der Waals surface area contributed by atoms with Gasteiger partial charge in [0.2, 0.25) is 0 Å². The Bertz CT molecular complexity index is 949. The molecule has 3 aromatic carbocycles. The number of hydrazone groups is 1. The molecule has 5 nitrogen and oxygen atoms in total. The number of rotatable bonds is 7. The predicted octanol–water partition coefficient (Wildman–Crippen LogP) is 3.94. The molecule has 0 saturated carbocycles. The van der Waals surface area contributed by atoms with E-state index in [1.165, 1.54) is 5.56 Å². The molecule has 0 saturated heterocycles. The first kappa shape index (κ1) is 18.5. The second kappa shape index (κ2) is 8.85. The highest BCUT2D eigenvalue weighted by atomic mass is 16.5. The van der Waals surface area contributed by atoms with Crippen molar-refractivity contribution in [3.8, 4) is 11.5 Å². The Kier molecular flexibility index (Phi) is 6.05. The minimum atomic E-state index is -0.316. The molecule has 0 bridgehead atoms. The zero-order chi connectivity index (χ0) is 19.1. The lowest BCUT2D eigenvalue weighted by molar-refractivity contribution is -0.123. The molecule has 27 heavy (non-hydrogen) atoms. The number of amides is 1. The van der Waals surface area contributed by atoms with Crippen molar-refractivity contribution < 1.29 is 14.3 Å². The van der Waals surface area contributed by atoms with Crippen molar-refractivity contribution in [3.05, 3.63) is 71.8 Å². The van der Waals surface area contributed by atoms with E-state index in [1.54, 1.807) is 13.3 Å². The van der Waals surface area contributed by atoms with Crippen LogP contribution in [0.2, 0.25) is 0 Å². The van der Waals surface area contributed by atoms with E-state index in [-0.39, 0.29) is 12.5 Å². The van der Waals surface area contributed by atoms with Crippen molar-refractivity contribution in [2.45, 2.75) is 13.3 Å². The first-order valence-corrected chi connectivity index (χ1v) is 8.80. The summed E-state index contributed by atoms with van der Waals surface area (Å²) >= 11 is 0. The molecule has 138 valence electrons. The molecule has 3 rings (SSSR count). The fourth-order valence-corrected chi connectivity index (χ4v) is 2.76. The third kappa shape index (κ3) is 4.64. The summed E-state index contributed by atoms with van der Waals surface area (Å²) in [6, 6.07) is 19.4. The SMILES string of the molecule is CCc1ccc(OCC(=O)NN=Cc2ccc(OC)c3ccccc23)cc1. The van der Waals surface area contributed by atoms with Gasteiger partial charge >= 0.3 is 0 Å². The monoisotopic (exact) mass is 362 g/mol. The standard InChI is InChI=1S/C22H22N2O3/c1-3-16-8-11-18(12-9-16)27-15-22(25)24-23-14-17-10-13-21(26-2)20-7-5-4-6-19(17)20/h4-14H,3,15H2,1-2H3,(H,24,25). The van der Waals surface area contributed by atoms with Crippen LogP contribution in [0.3, 0.4) is 0 Å². The Hall–Kier alpha value is -3.34. The van der Waals surface area contributed by atoms with E-state index in [0.717, 1.165) is 28.5 Å². The normalized spacial score (nSPS) is 10.9. The molecular weight excluding hydrogens is 340 g/mol. The summed E-state index contributed by atoms with van der Waals surface area (Å²) in [7, 11) is 1.64. The third-order valence-corrected chi connectivity index (χ3v) is 4.23. The minimum absolute atomic E-state index is 0.0911. The van der Waals surface area contributed by atoms with Crippen LogP contribution in [0.15, 0.2) is 65.8 Å². The average molecular weight is 362 g/mol. The number of carbonyl (C=O) groups is 1. The van der Waals surface area contributed by atoms with Crippen molar-refractivity contribution in [2.75, 3.05) is 13.7 Å². The van der Waals surface area contributed by atoms with Gasteiger partial charge in [-0.3, -0.25) is 4.79 Å². The Morgan fingerprint density at radius 3 is 2.48 bits per heavy atom. The van der Waals surface area contributed by atoms with E-state index in [2.05, 4.69) is 17.5 Å². The van der Waals surface area contributed by atoms with Crippen molar-refractivity contribution in [2.24, 2.45) is 5.10 Å². The first-order chi connectivity index (χ1) is 13.2. The summed E-state index contributed by atoms with van der Waals surface area (Å²) in [6.45, 7) is 2.00. The van der Waals surface area contributed by atoms with Gasteiger partial charge in [0.05, 0.1) is 13.3 Å². The number of hydrogen-bond donors (Lipinski definition) is 1. The number of ether oxygens (including phenoxy) is 2. The highest BCUT2D eigenvalue weighted by Gasteiger charge is 2.05. The Labute approximate surface area is 158 Å². The number of aryl methyl sites for hydroxylation is 1. The van der Waals surface area contributed by atoms with Gasteiger partial charge in [-0.15, -0.1) is 0 Å². The summed E-state index contributed by atoms with van der Waals surface area (Å²) in [4.78, 5) is 11.9. The zero-order valence-corrected chi connectivity index (χ0v) is 15.4. The van der Waals surface area contributed by atoms with E-state index in [9.17, 15) is 4.79 Å². The lowest BCUT2D eigenvalue weighted by Crippen LogP contribution is -2.24. The van der Waals surface area contributed by atoms with Crippen LogP contribution in [0.1, 0.15) is 18.1 Å². The second-order valence-corrected chi connectivity index (χ2v) is 5.98. The molecule has 0 heterocycles. The number of carbonyl (C=O) groups excluding carboxylic acids is 1. The van der Waals surface area contributed by atoms with Crippen LogP contribution >= 0.6 is 0 Å². The zero-order valence-electron chi connectivity index (χ0n) is 15.4. The first-order valence-electron chi connectivity index (χ1n) is 8.80. The van der Waals surface area contributed by atoms with E-state index in [0.29, 0.717) is 5.75 Å². The molecule has 5 heteroatoms. The maximum absolute atomic E-state index is 11.9. The van der Waals surface area contributed by atoms with Gasteiger partial charge in [0, 0.05) is 10.9 Å². The highest BCUT2D eigenvalue weighted by Crippen LogP contribution is 2.27. The van der Waals surface area contributed by atoms with Crippen LogP contribution < -0.4 is 14.9 Å². The van der Waals surface area contributed by atoms with Gasteiger partial charge < -0.3 is 9.47 Å². The summed E-state index contributed by atoms with van der Waals surface area (Å²) in [6.07, 6.45) is 2.59. The van der Waals surface area contributed by atoms with Gasteiger partial charge in [0.25, 0.3) is 5.91 Å². The van der Waals surface area contributed by atoms with E-state index in [1.807, 2.05) is 60.7 Å². The van der Waals surface area contributed by atoms with Crippen LogP contribution in [0.5, 0.6) is 11.5 Å². The van der Waals surface area contributed by atoms with Crippen LogP contribution in [-0.4, -0.2) is 25.8 Å². The molecule has 0 aliphatic carbocycles. The number of fused-ring (bicyclic) bond motifs is 1. The molecule has 0 unspecified atom stereocenters. The molecule has 0 aliphatic rings. The van der Waals surface area contributed by atoms with Crippen LogP contribution in [0.25, 0.3) is 10.8 Å². The van der Waals surface area contributed by atoms with Gasteiger partial charge in [0.15, 0.2) is 6.61 Å². The molecule has 0 fully saturated rings. The molecule has 0 radical (unpaired) electrons. The second-order valence-electron chi connectivity index (χ2n) is 5.98. The molecule has 1 amide bonds. The summed E-state index contributed by atoms with van der Waals surface area (Å²) in [5.41, 5.74) is 4.61. The smallest absolute Gasteiger partial charge is 0.277 e. The van der Waals surface area contributed by atoms with Gasteiger partial charge in [0.1, 0.15) is 11.5 Å². The maximum atomic E-state index is 11.9. The minimum Gasteiger partial charge on any atom is -0.496 e. The predicted molar refractivity (Wildman–Crippen MR) is 108 cm³/mol. The lowest BCUT2D eigenvalue weighted by Gasteiger charge is -2.08. The molecule has 0 aliphatic heterocycles. The number of benzene rings is 3. The van der Waals surface area contributed by atoms with E-state index < -0.39 is 0 Å². The summed E-state index contributed by atoms with van der Waals surface area (Å²) in [5, 5.41) is 6.04. The summed E-state index contributed by atoms with van der Waals surface area (Å²) < 4.78 is 10.9. The highest BCUT2D eigenvalue weighted by molar-refractivity contribution is 6.02. The Morgan fingerprint density at radius 1 is 1.04 bits per heavy atom. The fraction of sp³-hybridized carbons (Fsp3) is 0.182. The quantitative estimate of drug-likeness (QED) is 0.512. The fourth-order valence-electron chi connectivity index (χ4n) is 2.76. The van der Waals surface area contributed by atoms with Crippen molar-refractivity contribution in [3.63, 3.8) is 0 Å². The number of nitrogens with zero attached hydrogens (tertiary/aromatic N) is 1. The van der Waals surface area contributed by atoms with E-state index in [4.69, 9.17) is 9.47 Å². The Morgan fingerprint density at radius 2 is 1.78 bits per heavy atom. The number of methoxy groups -OCH3 is 1. The largest absolute Gasteiger partial charge is 0.496 e. The van der Waals surface area contributed by atoms with Crippen molar-refractivity contribution >= 4 is 22.9 Å². The summed E-state index contributed by atoms with van der Waals surface area (Å²) in [5.74, 6) is 1.14. The lowest BCUT2D eigenvalue weighted by atomic mass is 10.0. The van der Waals surface area contributed by atoms with Gasteiger partial charge in [-0.25, -0.2) is 5.43 Å². The number of hydrogen-bond acceptors (Lipinski definition) is 4. The molecule has 0 spiro atoms. The number of nitrogens with one attached hydrogen (secondary N) is 1. The van der Waals surface area contributed by atoms with Crippen LogP contribution in [0, 0.1) is 0 Å². The van der Waals surface area contributed by atoms with E-state index >= 15 is 0 Å². The molecule has 1 N–H and O–H groups in total. The topological polar surface area (TPSA) is 59.9 Å². The van der Waals surface area contributed by atoms with Crippen molar-refractivity contribution in [1.29, 1.82) is 0 Å². The van der Waals surface area contributed by atoms with Crippen LogP contribution in [-0.2, 0) is 11.2 Å². The maximum Gasteiger partial charge on any atom is 0.277 e.